The molecule has 0 bridgehead atoms. The van der Waals surface area contributed by atoms with Gasteiger partial charge in [0.05, 0.1) is 18.1 Å². The van der Waals surface area contributed by atoms with E-state index in [0.29, 0.717) is 0 Å². The molecule has 0 radical (unpaired) electrons. The van der Waals surface area contributed by atoms with Crippen LogP contribution < -0.4 is 10.2 Å². The van der Waals surface area contributed by atoms with Crippen LogP contribution in [-0.4, -0.2) is 36.6 Å². The maximum absolute atomic E-state index is 4.23. The predicted molar refractivity (Wildman–Crippen MR) is 65.6 cm³/mol. The van der Waals surface area contributed by atoms with Crippen molar-refractivity contribution < 1.29 is 0 Å². The molecule has 4 nitrogen and oxygen atoms in total. The molecular formula is C12H20N4. The molecule has 0 saturated carbocycles. The van der Waals surface area contributed by atoms with E-state index in [-0.39, 0.29) is 0 Å². The van der Waals surface area contributed by atoms with Crippen LogP contribution in [-0.2, 0) is 0 Å². The Hall–Kier alpha value is -1.16. The minimum atomic E-state index is 0.799. The normalized spacial score (nSPS) is 17.4. The lowest BCUT2D eigenvalue weighted by Crippen LogP contribution is -2.34. The molecule has 0 spiro atoms. The minimum Gasteiger partial charge on any atom is -0.372 e. The number of nitrogens with zero attached hydrogens (tertiary/aromatic N) is 3. The molecule has 16 heavy (non-hydrogen) atoms. The first kappa shape index (κ1) is 11.3. The van der Waals surface area contributed by atoms with Gasteiger partial charge in [-0.25, -0.2) is 9.97 Å². The molecule has 1 aromatic heterocycles. The summed E-state index contributed by atoms with van der Waals surface area (Å²) >= 11 is 0. The Morgan fingerprint density at radius 1 is 1.31 bits per heavy atom. The van der Waals surface area contributed by atoms with E-state index in [4.69, 9.17) is 0 Å². The zero-order valence-electron chi connectivity index (χ0n) is 10.1. The Balaban J connectivity index is 1.91. The number of aryl methyl sites for hydroxylation is 1. The van der Waals surface area contributed by atoms with Crippen LogP contribution in [0.5, 0.6) is 0 Å². The molecule has 1 aliphatic rings. The zero-order chi connectivity index (χ0) is 11.4. The summed E-state index contributed by atoms with van der Waals surface area (Å²) in [6.07, 6.45) is 6.36. The number of hydrogen-bond acceptors (Lipinski definition) is 4. The number of hydrogen-bond donors (Lipinski definition) is 1. The van der Waals surface area contributed by atoms with Crippen molar-refractivity contribution >= 4 is 5.69 Å². The maximum atomic E-state index is 4.23. The van der Waals surface area contributed by atoms with Crippen LogP contribution in [0, 0.1) is 12.8 Å². The van der Waals surface area contributed by atoms with Crippen LogP contribution >= 0.6 is 0 Å². The number of piperidine rings is 1. The van der Waals surface area contributed by atoms with Gasteiger partial charge in [-0.05, 0) is 38.8 Å². The summed E-state index contributed by atoms with van der Waals surface area (Å²) in [5.41, 5.74) is 1.11. The fraction of sp³-hybridized carbons (Fsp3) is 0.667. The number of aromatic nitrogens is 2. The molecule has 0 aliphatic carbocycles. The van der Waals surface area contributed by atoms with Gasteiger partial charge in [0.25, 0.3) is 0 Å². The number of anilines is 1. The standard InChI is InChI=1S/C12H20N4/c1-10-14-7-12(8-15-10)16(2)9-11-3-5-13-6-4-11/h7-8,11,13H,3-6,9H2,1-2H3. The van der Waals surface area contributed by atoms with Crippen molar-refractivity contribution in [3.63, 3.8) is 0 Å². The lowest BCUT2D eigenvalue weighted by molar-refractivity contribution is 0.378. The highest BCUT2D eigenvalue weighted by molar-refractivity contribution is 5.40. The van der Waals surface area contributed by atoms with Gasteiger partial charge in [0, 0.05) is 13.6 Å². The minimum absolute atomic E-state index is 0.799. The van der Waals surface area contributed by atoms with Gasteiger partial charge in [-0.15, -0.1) is 0 Å². The van der Waals surface area contributed by atoms with Crippen LogP contribution in [0.1, 0.15) is 18.7 Å². The van der Waals surface area contributed by atoms with Crippen LogP contribution in [0.2, 0.25) is 0 Å². The van der Waals surface area contributed by atoms with Gasteiger partial charge in [0.15, 0.2) is 0 Å². The van der Waals surface area contributed by atoms with Crippen molar-refractivity contribution in [3.8, 4) is 0 Å². The third-order valence-electron chi connectivity index (χ3n) is 3.20. The van der Waals surface area contributed by atoms with E-state index in [1.807, 2.05) is 19.3 Å². The highest BCUT2D eigenvalue weighted by Crippen LogP contribution is 2.16. The third-order valence-corrected chi connectivity index (χ3v) is 3.20. The summed E-state index contributed by atoms with van der Waals surface area (Å²) < 4.78 is 0. The molecular weight excluding hydrogens is 200 g/mol. The van der Waals surface area contributed by atoms with Crippen molar-refractivity contribution in [1.82, 2.24) is 15.3 Å². The Morgan fingerprint density at radius 2 is 1.94 bits per heavy atom. The van der Waals surface area contributed by atoms with Crippen LogP contribution in [0.25, 0.3) is 0 Å². The topological polar surface area (TPSA) is 41.1 Å². The molecule has 2 rings (SSSR count). The van der Waals surface area contributed by atoms with E-state index in [2.05, 4.69) is 27.2 Å². The fourth-order valence-corrected chi connectivity index (χ4v) is 2.14. The quantitative estimate of drug-likeness (QED) is 0.831. The smallest absolute Gasteiger partial charge is 0.125 e. The van der Waals surface area contributed by atoms with Crippen LogP contribution in [0.3, 0.4) is 0 Å². The molecule has 0 atom stereocenters. The number of rotatable bonds is 3. The monoisotopic (exact) mass is 220 g/mol. The van der Waals surface area contributed by atoms with Crippen molar-refractivity contribution in [1.29, 1.82) is 0 Å². The summed E-state index contributed by atoms with van der Waals surface area (Å²) in [6.45, 7) is 5.33. The largest absolute Gasteiger partial charge is 0.372 e. The van der Waals surface area contributed by atoms with E-state index >= 15 is 0 Å². The summed E-state index contributed by atoms with van der Waals surface area (Å²) in [5, 5.41) is 3.39. The van der Waals surface area contributed by atoms with Gasteiger partial charge in [0.1, 0.15) is 5.82 Å². The average Bonchev–Trinajstić information content (AvgIpc) is 2.31. The van der Waals surface area contributed by atoms with Crippen molar-refractivity contribution in [2.45, 2.75) is 19.8 Å². The summed E-state index contributed by atoms with van der Waals surface area (Å²) in [6, 6.07) is 0. The molecule has 1 aliphatic heterocycles. The molecule has 0 aromatic carbocycles. The van der Waals surface area contributed by atoms with Crippen LogP contribution in [0.4, 0.5) is 5.69 Å². The molecule has 1 N–H and O–H groups in total. The summed E-state index contributed by atoms with van der Waals surface area (Å²) in [5.74, 6) is 1.63. The Labute approximate surface area is 97.1 Å². The van der Waals surface area contributed by atoms with Gasteiger partial charge in [-0.2, -0.15) is 0 Å². The molecule has 0 amide bonds. The van der Waals surface area contributed by atoms with E-state index in [0.717, 1.165) is 37.1 Å². The zero-order valence-corrected chi connectivity index (χ0v) is 10.1. The molecule has 1 aromatic rings. The molecule has 2 heterocycles. The third kappa shape index (κ3) is 2.92. The summed E-state index contributed by atoms with van der Waals surface area (Å²) in [7, 11) is 2.12. The fourth-order valence-electron chi connectivity index (χ4n) is 2.14. The van der Waals surface area contributed by atoms with E-state index in [9.17, 15) is 0 Å². The molecule has 1 saturated heterocycles. The number of nitrogens with one attached hydrogen (secondary N) is 1. The van der Waals surface area contributed by atoms with Gasteiger partial charge < -0.3 is 10.2 Å². The van der Waals surface area contributed by atoms with Crippen molar-refractivity contribution in [2.24, 2.45) is 5.92 Å². The first-order valence-electron chi connectivity index (χ1n) is 5.96. The molecule has 88 valence electrons. The first-order chi connectivity index (χ1) is 7.75. The van der Waals surface area contributed by atoms with E-state index in [1.54, 1.807) is 0 Å². The Bertz CT molecular complexity index is 316. The molecule has 0 unspecified atom stereocenters. The van der Waals surface area contributed by atoms with Crippen molar-refractivity contribution in [2.75, 3.05) is 31.6 Å². The Kier molecular flexibility index (Phi) is 3.72. The van der Waals surface area contributed by atoms with E-state index in [1.165, 1.54) is 12.8 Å². The average molecular weight is 220 g/mol. The highest BCUT2D eigenvalue weighted by atomic mass is 15.1. The lowest BCUT2D eigenvalue weighted by atomic mass is 9.98. The van der Waals surface area contributed by atoms with Gasteiger partial charge >= 0.3 is 0 Å². The second-order valence-corrected chi connectivity index (χ2v) is 4.56. The predicted octanol–water partition coefficient (Wildman–Crippen LogP) is 1.22. The first-order valence-corrected chi connectivity index (χ1v) is 5.96. The Morgan fingerprint density at radius 3 is 2.56 bits per heavy atom. The second-order valence-electron chi connectivity index (χ2n) is 4.56. The van der Waals surface area contributed by atoms with Gasteiger partial charge in [-0.1, -0.05) is 0 Å². The maximum Gasteiger partial charge on any atom is 0.125 e. The molecule has 4 heteroatoms. The van der Waals surface area contributed by atoms with Gasteiger partial charge in [-0.3, -0.25) is 0 Å². The summed E-state index contributed by atoms with van der Waals surface area (Å²) in [4.78, 5) is 10.7. The highest BCUT2D eigenvalue weighted by Gasteiger charge is 2.15. The van der Waals surface area contributed by atoms with Crippen molar-refractivity contribution in [3.05, 3.63) is 18.2 Å². The van der Waals surface area contributed by atoms with E-state index < -0.39 is 0 Å². The lowest BCUT2D eigenvalue weighted by Gasteiger charge is -2.28. The molecule has 1 fully saturated rings. The second kappa shape index (κ2) is 5.25. The van der Waals surface area contributed by atoms with Crippen LogP contribution in [0.15, 0.2) is 12.4 Å². The van der Waals surface area contributed by atoms with Gasteiger partial charge in [0.2, 0.25) is 0 Å². The SMILES string of the molecule is Cc1ncc(N(C)CC2CCNCC2)cn1.